The SMILES string of the molecule is CNC(C)C(=O)NC(C(=O)N1CCCC1C(=O)NC(C(=O)N1CCN(C(=O)C(NC(=O)C2CCCN2C(=O)C(NC(=O)C(C)NC)C(C)(C)C)C2CCCCC2)CC1)C1CCCCC1)C(C)(C)C. The van der Waals surface area contributed by atoms with Crippen LogP contribution in [-0.4, -0.2) is 169 Å². The van der Waals surface area contributed by atoms with Crippen LogP contribution in [0, 0.1) is 22.7 Å². The van der Waals surface area contributed by atoms with E-state index in [-0.39, 0.29) is 85.3 Å². The minimum Gasteiger partial charge on any atom is -0.342 e. The van der Waals surface area contributed by atoms with E-state index >= 15 is 0 Å². The van der Waals surface area contributed by atoms with Gasteiger partial charge in [0.15, 0.2) is 0 Å². The van der Waals surface area contributed by atoms with Crippen LogP contribution >= 0.6 is 0 Å². The molecule has 384 valence electrons. The highest BCUT2D eigenvalue weighted by Gasteiger charge is 2.47. The summed E-state index contributed by atoms with van der Waals surface area (Å²) in [5.41, 5.74) is -1.26. The number of nitrogens with zero attached hydrogens (tertiary/aromatic N) is 4. The molecule has 18 nitrogen and oxygen atoms in total. The molecule has 8 amide bonds. The summed E-state index contributed by atoms with van der Waals surface area (Å²) in [6.07, 6.45) is 11.2. The number of hydrogen-bond donors (Lipinski definition) is 6. The molecule has 18 heteroatoms. The van der Waals surface area contributed by atoms with Gasteiger partial charge in [-0.15, -0.1) is 0 Å². The van der Waals surface area contributed by atoms with Gasteiger partial charge in [-0.25, -0.2) is 0 Å². The van der Waals surface area contributed by atoms with E-state index in [0.29, 0.717) is 38.8 Å². The Kier molecular flexibility index (Phi) is 19.3. The highest BCUT2D eigenvalue weighted by molar-refractivity contribution is 5.97. The van der Waals surface area contributed by atoms with Gasteiger partial charge in [0.25, 0.3) is 0 Å². The lowest BCUT2D eigenvalue weighted by Gasteiger charge is -2.41. The van der Waals surface area contributed by atoms with Crippen LogP contribution in [0.1, 0.15) is 145 Å². The van der Waals surface area contributed by atoms with Crippen molar-refractivity contribution in [2.75, 3.05) is 53.4 Å². The third-order valence-electron chi connectivity index (χ3n) is 15.4. The van der Waals surface area contributed by atoms with Crippen LogP contribution in [-0.2, 0) is 38.4 Å². The normalized spacial score (nSPS) is 23.7. The highest BCUT2D eigenvalue weighted by Crippen LogP contribution is 2.32. The van der Waals surface area contributed by atoms with Gasteiger partial charge in [0.1, 0.15) is 36.3 Å². The lowest BCUT2D eigenvalue weighted by atomic mass is 9.82. The number of piperazine rings is 1. The van der Waals surface area contributed by atoms with Crippen molar-refractivity contribution in [3.63, 3.8) is 0 Å². The highest BCUT2D eigenvalue weighted by atomic mass is 16.2. The van der Waals surface area contributed by atoms with Gasteiger partial charge in [0.05, 0.1) is 12.1 Å². The smallest absolute Gasteiger partial charge is 0.246 e. The number of likely N-dealkylation sites (N-methyl/N-ethyl adjacent to an activating group) is 2. The molecular weight excluding hydrogens is 869 g/mol. The van der Waals surface area contributed by atoms with E-state index in [1.54, 1.807) is 47.5 Å². The molecule has 5 fully saturated rings. The number of rotatable bonds is 16. The molecule has 3 aliphatic heterocycles. The first-order chi connectivity index (χ1) is 32.1. The van der Waals surface area contributed by atoms with Gasteiger partial charge in [0, 0.05) is 39.3 Å². The number of amides is 8. The summed E-state index contributed by atoms with van der Waals surface area (Å²) >= 11 is 0. The predicted molar refractivity (Wildman–Crippen MR) is 259 cm³/mol. The van der Waals surface area contributed by atoms with E-state index < -0.39 is 59.2 Å². The lowest BCUT2D eigenvalue weighted by molar-refractivity contribution is -0.148. The van der Waals surface area contributed by atoms with Crippen LogP contribution in [0.15, 0.2) is 0 Å². The average molecular weight is 955 g/mol. The van der Waals surface area contributed by atoms with Crippen molar-refractivity contribution in [2.45, 2.75) is 194 Å². The fourth-order valence-electron chi connectivity index (χ4n) is 10.8. The first kappa shape index (κ1) is 54.6. The molecule has 3 heterocycles. The minimum atomic E-state index is -0.860. The van der Waals surface area contributed by atoms with E-state index in [9.17, 15) is 38.4 Å². The zero-order valence-corrected chi connectivity index (χ0v) is 43.0. The maximum atomic E-state index is 14.6. The van der Waals surface area contributed by atoms with Gasteiger partial charge in [-0.05, 0) is 102 Å². The molecule has 5 rings (SSSR count). The molecule has 2 saturated carbocycles. The second-order valence-electron chi connectivity index (χ2n) is 22.4. The van der Waals surface area contributed by atoms with Crippen LogP contribution < -0.4 is 31.9 Å². The Labute approximate surface area is 405 Å². The van der Waals surface area contributed by atoms with Crippen LogP contribution in [0.3, 0.4) is 0 Å². The van der Waals surface area contributed by atoms with E-state index in [1.165, 1.54) is 0 Å². The summed E-state index contributed by atoms with van der Waals surface area (Å²) in [7, 11) is 3.35. The molecule has 0 aromatic heterocycles. The third-order valence-corrected chi connectivity index (χ3v) is 15.4. The zero-order valence-electron chi connectivity index (χ0n) is 43.0. The Morgan fingerprint density at radius 3 is 1.04 bits per heavy atom. The van der Waals surface area contributed by atoms with Crippen LogP contribution in [0.25, 0.3) is 0 Å². The van der Waals surface area contributed by atoms with Crippen molar-refractivity contribution >= 4 is 47.3 Å². The first-order valence-electron chi connectivity index (χ1n) is 25.8. The van der Waals surface area contributed by atoms with E-state index in [1.807, 2.05) is 41.5 Å². The first-order valence-corrected chi connectivity index (χ1v) is 25.8. The Hall–Kier alpha value is -4.32. The van der Waals surface area contributed by atoms with Crippen LogP contribution in [0.4, 0.5) is 0 Å². The Morgan fingerprint density at radius 2 is 0.750 bits per heavy atom. The fourth-order valence-corrected chi connectivity index (χ4v) is 10.8. The summed E-state index contributed by atoms with van der Waals surface area (Å²) in [6, 6.07) is -5.89. The molecule has 5 aliphatic rings. The maximum absolute atomic E-state index is 14.6. The number of hydrogen-bond acceptors (Lipinski definition) is 10. The largest absolute Gasteiger partial charge is 0.342 e. The second-order valence-corrected chi connectivity index (χ2v) is 22.4. The molecule has 68 heavy (non-hydrogen) atoms. The van der Waals surface area contributed by atoms with Crippen LogP contribution in [0.5, 0.6) is 0 Å². The molecule has 2 aliphatic carbocycles. The van der Waals surface area contributed by atoms with Gasteiger partial charge in [-0.3, -0.25) is 38.4 Å². The summed E-state index contributed by atoms with van der Waals surface area (Å²) in [5, 5.41) is 18.0. The van der Waals surface area contributed by atoms with Crippen molar-refractivity contribution in [3.05, 3.63) is 0 Å². The van der Waals surface area contributed by atoms with Crippen molar-refractivity contribution in [3.8, 4) is 0 Å². The zero-order chi connectivity index (χ0) is 50.1. The Balaban J connectivity index is 1.27. The van der Waals surface area contributed by atoms with E-state index in [4.69, 9.17) is 0 Å². The molecule has 0 spiro atoms. The van der Waals surface area contributed by atoms with Crippen molar-refractivity contribution in [1.82, 2.24) is 51.5 Å². The summed E-state index contributed by atoms with van der Waals surface area (Å²) in [6.45, 7) is 16.5. The molecule has 6 N–H and O–H groups in total. The monoisotopic (exact) mass is 955 g/mol. The molecule has 3 saturated heterocycles. The quantitative estimate of drug-likeness (QED) is 0.132. The molecule has 0 radical (unpaired) electrons. The van der Waals surface area contributed by atoms with Crippen LogP contribution in [0.2, 0.25) is 0 Å². The van der Waals surface area contributed by atoms with Gasteiger partial charge in [-0.2, -0.15) is 0 Å². The number of likely N-dealkylation sites (tertiary alicyclic amines) is 2. The third kappa shape index (κ3) is 13.5. The van der Waals surface area contributed by atoms with E-state index in [0.717, 1.165) is 64.2 Å². The summed E-state index contributed by atoms with van der Waals surface area (Å²) in [5.74, 6) is -2.53. The predicted octanol–water partition coefficient (Wildman–Crippen LogP) is 2.05. The molecule has 0 aromatic rings. The molecular formula is C50H86N10O8. The van der Waals surface area contributed by atoms with Crippen molar-refractivity contribution in [1.29, 1.82) is 0 Å². The molecule has 8 unspecified atom stereocenters. The molecule has 0 aromatic carbocycles. The number of nitrogens with one attached hydrogen (secondary N) is 6. The Bertz CT molecular complexity index is 1670. The van der Waals surface area contributed by atoms with Gasteiger partial charge < -0.3 is 51.5 Å². The topological polar surface area (TPSA) is 222 Å². The summed E-state index contributed by atoms with van der Waals surface area (Å²) in [4.78, 5) is 119. The number of carbonyl (C=O) groups excluding carboxylic acids is 8. The van der Waals surface area contributed by atoms with Gasteiger partial charge >= 0.3 is 0 Å². The second kappa shape index (κ2) is 24.0. The van der Waals surface area contributed by atoms with Crippen molar-refractivity contribution < 1.29 is 38.4 Å². The van der Waals surface area contributed by atoms with Gasteiger partial charge in [-0.1, -0.05) is 80.1 Å². The molecule has 0 bridgehead atoms. The fraction of sp³-hybridized carbons (Fsp3) is 0.840. The molecule has 8 atom stereocenters. The Morgan fingerprint density at radius 1 is 0.426 bits per heavy atom. The summed E-state index contributed by atoms with van der Waals surface area (Å²) < 4.78 is 0. The van der Waals surface area contributed by atoms with Crippen molar-refractivity contribution in [2.24, 2.45) is 22.7 Å². The number of carbonyl (C=O) groups is 8. The standard InChI is InChI=1S/C50H86N10O8/c1-31(51-9)41(61)55-39(49(3,4)5)47(67)59-25-17-23-35(59)43(63)53-37(33-19-13-11-14-20-33)45(65)57-27-29-58(30-28-57)46(66)38(34-21-15-12-16-22-34)54-44(64)36-24-18-26-60(36)48(68)40(50(6,7)8)56-42(62)32(2)52-10/h31-40,51-52H,11-30H2,1-10H3,(H,53,63)(H,54,64)(H,55,61)(H,56,62). The lowest BCUT2D eigenvalue weighted by Crippen LogP contribution is -2.63. The maximum Gasteiger partial charge on any atom is 0.246 e. The minimum absolute atomic E-state index is 0.0742. The van der Waals surface area contributed by atoms with E-state index in [2.05, 4.69) is 31.9 Å². The van der Waals surface area contributed by atoms with Gasteiger partial charge in [0.2, 0.25) is 47.3 Å². The average Bonchev–Trinajstić information content (AvgIpc) is 4.03.